The van der Waals surface area contributed by atoms with Crippen molar-refractivity contribution in [3.05, 3.63) is 54.6 Å². The molecule has 0 saturated carbocycles. The van der Waals surface area contributed by atoms with Crippen LogP contribution in [0.25, 0.3) is 0 Å². The van der Waals surface area contributed by atoms with Crippen molar-refractivity contribution in [3.63, 3.8) is 0 Å². The summed E-state index contributed by atoms with van der Waals surface area (Å²) in [4.78, 5) is 4.56. The minimum Gasteiger partial charge on any atom is -0.457 e. The molecule has 16 heavy (non-hydrogen) atoms. The summed E-state index contributed by atoms with van der Waals surface area (Å²) in [5.41, 5.74) is 0. The number of para-hydroxylation sites is 1. The van der Waals surface area contributed by atoms with Crippen molar-refractivity contribution in [3.8, 4) is 17.2 Å². The molecule has 0 bridgehead atoms. The number of halogens is 1. The number of rotatable bonds is 3. The molecule has 2 N–H and O–H groups in total. The predicted molar refractivity (Wildman–Crippen MR) is 65.0 cm³/mol. The smallest absolute Gasteiger partial charge is 0.147 e. The van der Waals surface area contributed by atoms with E-state index < -0.39 is 0 Å². The van der Waals surface area contributed by atoms with Crippen LogP contribution in [0, 0.1) is 0 Å². The average Bonchev–Trinajstić information content (AvgIpc) is 2.31. The van der Waals surface area contributed by atoms with Gasteiger partial charge in [-0.2, -0.15) is 5.90 Å². The lowest BCUT2D eigenvalue weighted by atomic mass is 10.3. The van der Waals surface area contributed by atoms with Crippen molar-refractivity contribution in [1.29, 1.82) is 0 Å². The van der Waals surface area contributed by atoms with E-state index in [1.54, 1.807) is 24.3 Å². The van der Waals surface area contributed by atoms with Crippen LogP contribution in [0.3, 0.4) is 0 Å². The van der Waals surface area contributed by atoms with E-state index in [0.717, 1.165) is 11.5 Å². The number of nitrogens with two attached hydrogens (primary N) is 1. The SMILES string of the molecule is Cl.NOc1ccc(Oc2ccccc2)cc1. The molecule has 0 fully saturated rings. The third kappa shape index (κ3) is 3.15. The van der Waals surface area contributed by atoms with E-state index in [-0.39, 0.29) is 12.4 Å². The topological polar surface area (TPSA) is 44.5 Å². The molecule has 3 nitrogen and oxygen atoms in total. The zero-order valence-corrected chi connectivity index (χ0v) is 9.31. The first-order valence-corrected chi connectivity index (χ1v) is 4.58. The number of hydrogen-bond acceptors (Lipinski definition) is 3. The fourth-order valence-electron chi connectivity index (χ4n) is 1.21. The fraction of sp³-hybridized carbons (Fsp3) is 0. The first-order valence-electron chi connectivity index (χ1n) is 4.58. The molecule has 0 aliphatic rings. The number of hydrogen-bond donors (Lipinski definition) is 1. The van der Waals surface area contributed by atoms with Crippen molar-refractivity contribution in [2.45, 2.75) is 0 Å². The Kier molecular flexibility index (Phi) is 4.64. The van der Waals surface area contributed by atoms with Crippen molar-refractivity contribution in [2.75, 3.05) is 0 Å². The van der Waals surface area contributed by atoms with Crippen LogP contribution in [0.1, 0.15) is 0 Å². The highest BCUT2D eigenvalue weighted by atomic mass is 35.5. The van der Waals surface area contributed by atoms with Gasteiger partial charge in [0.15, 0.2) is 0 Å². The van der Waals surface area contributed by atoms with Crippen molar-refractivity contribution in [2.24, 2.45) is 5.90 Å². The molecule has 84 valence electrons. The molecule has 0 saturated heterocycles. The highest BCUT2D eigenvalue weighted by Gasteiger charge is 1.96. The molecular formula is C12H12ClNO2. The lowest BCUT2D eigenvalue weighted by Gasteiger charge is -2.05. The Morgan fingerprint density at radius 3 is 1.75 bits per heavy atom. The minimum atomic E-state index is 0. The highest BCUT2D eigenvalue weighted by Crippen LogP contribution is 2.22. The van der Waals surface area contributed by atoms with E-state index in [1.807, 2.05) is 30.3 Å². The van der Waals surface area contributed by atoms with Gasteiger partial charge in [-0.3, -0.25) is 0 Å². The molecule has 0 atom stereocenters. The standard InChI is InChI=1S/C12H11NO2.ClH/c13-15-12-8-6-11(7-9-12)14-10-4-2-1-3-5-10;/h1-9H,13H2;1H. The van der Waals surface area contributed by atoms with Crippen LogP contribution in [0.4, 0.5) is 0 Å². The van der Waals surface area contributed by atoms with E-state index in [1.165, 1.54) is 0 Å². The summed E-state index contributed by atoms with van der Waals surface area (Å²) < 4.78 is 5.58. The van der Waals surface area contributed by atoms with Crippen molar-refractivity contribution >= 4 is 12.4 Å². The Labute approximate surface area is 100 Å². The lowest BCUT2D eigenvalue weighted by molar-refractivity contribution is 0.334. The maximum Gasteiger partial charge on any atom is 0.147 e. The van der Waals surface area contributed by atoms with Gasteiger partial charge in [0.2, 0.25) is 0 Å². The second-order valence-electron chi connectivity index (χ2n) is 3.00. The Bertz CT molecular complexity index is 417. The van der Waals surface area contributed by atoms with E-state index in [9.17, 15) is 0 Å². The summed E-state index contributed by atoms with van der Waals surface area (Å²) in [5, 5.41) is 0. The summed E-state index contributed by atoms with van der Waals surface area (Å²) in [7, 11) is 0. The van der Waals surface area contributed by atoms with Gasteiger partial charge in [0.1, 0.15) is 17.2 Å². The summed E-state index contributed by atoms with van der Waals surface area (Å²) in [6.07, 6.45) is 0. The molecule has 0 amide bonds. The Morgan fingerprint density at radius 1 is 0.688 bits per heavy atom. The lowest BCUT2D eigenvalue weighted by Crippen LogP contribution is -2.01. The van der Waals surface area contributed by atoms with Gasteiger partial charge in [0.05, 0.1) is 0 Å². The maximum atomic E-state index is 5.58. The van der Waals surface area contributed by atoms with Crippen LogP contribution < -0.4 is 15.5 Å². The highest BCUT2D eigenvalue weighted by molar-refractivity contribution is 5.85. The van der Waals surface area contributed by atoms with Crippen LogP contribution in [0.15, 0.2) is 54.6 Å². The molecule has 0 unspecified atom stereocenters. The minimum absolute atomic E-state index is 0. The van der Waals surface area contributed by atoms with Gasteiger partial charge in [0.25, 0.3) is 0 Å². The third-order valence-corrected chi connectivity index (χ3v) is 1.94. The molecule has 4 heteroatoms. The van der Waals surface area contributed by atoms with Crippen LogP contribution in [0.5, 0.6) is 17.2 Å². The van der Waals surface area contributed by atoms with Gasteiger partial charge in [-0.1, -0.05) is 18.2 Å². The number of benzene rings is 2. The van der Waals surface area contributed by atoms with E-state index in [2.05, 4.69) is 4.84 Å². The fourth-order valence-corrected chi connectivity index (χ4v) is 1.21. The molecule has 2 rings (SSSR count). The molecule has 0 aliphatic carbocycles. The van der Waals surface area contributed by atoms with Gasteiger partial charge in [-0.05, 0) is 36.4 Å². The van der Waals surface area contributed by atoms with Crippen LogP contribution >= 0.6 is 12.4 Å². The molecule has 0 radical (unpaired) electrons. The molecule has 0 heterocycles. The van der Waals surface area contributed by atoms with Gasteiger partial charge in [-0.25, -0.2) is 0 Å². The third-order valence-electron chi connectivity index (χ3n) is 1.94. The maximum absolute atomic E-state index is 5.58. The molecule has 2 aromatic carbocycles. The van der Waals surface area contributed by atoms with Gasteiger partial charge in [-0.15, -0.1) is 12.4 Å². The van der Waals surface area contributed by atoms with Crippen LogP contribution in [-0.4, -0.2) is 0 Å². The molecule has 0 spiro atoms. The summed E-state index contributed by atoms with van der Waals surface area (Å²) in [6, 6.07) is 16.7. The van der Waals surface area contributed by atoms with Gasteiger partial charge in [0, 0.05) is 0 Å². The summed E-state index contributed by atoms with van der Waals surface area (Å²) >= 11 is 0. The average molecular weight is 238 g/mol. The zero-order chi connectivity index (χ0) is 10.5. The number of ether oxygens (including phenoxy) is 1. The summed E-state index contributed by atoms with van der Waals surface area (Å²) in [6.45, 7) is 0. The predicted octanol–water partition coefficient (Wildman–Crippen LogP) is 3.15. The van der Waals surface area contributed by atoms with E-state index >= 15 is 0 Å². The molecular weight excluding hydrogens is 226 g/mol. The monoisotopic (exact) mass is 237 g/mol. The molecule has 0 aliphatic heterocycles. The zero-order valence-electron chi connectivity index (χ0n) is 8.50. The van der Waals surface area contributed by atoms with E-state index in [4.69, 9.17) is 10.6 Å². The molecule has 0 aromatic heterocycles. The largest absolute Gasteiger partial charge is 0.457 e. The van der Waals surface area contributed by atoms with E-state index in [0.29, 0.717) is 5.75 Å². The quantitative estimate of drug-likeness (QED) is 0.834. The first kappa shape index (κ1) is 12.4. The van der Waals surface area contributed by atoms with Crippen molar-refractivity contribution in [1.82, 2.24) is 0 Å². The second kappa shape index (κ2) is 6.00. The Morgan fingerprint density at radius 2 is 1.19 bits per heavy atom. The van der Waals surface area contributed by atoms with Crippen LogP contribution in [0.2, 0.25) is 0 Å². The second-order valence-corrected chi connectivity index (χ2v) is 3.00. The Balaban J connectivity index is 0.00000128. The normalized spacial score (nSPS) is 9.06. The first-order chi connectivity index (χ1) is 7.38. The summed E-state index contributed by atoms with van der Waals surface area (Å²) in [5.74, 6) is 7.17. The Hall–Kier alpha value is -1.71. The van der Waals surface area contributed by atoms with Gasteiger partial charge >= 0.3 is 0 Å². The van der Waals surface area contributed by atoms with Crippen molar-refractivity contribution < 1.29 is 9.57 Å². The van der Waals surface area contributed by atoms with Crippen LogP contribution in [-0.2, 0) is 0 Å². The molecule has 2 aromatic rings. The van der Waals surface area contributed by atoms with Gasteiger partial charge < -0.3 is 9.57 Å².